The first-order chi connectivity index (χ1) is 13.6. The summed E-state index contributed by atoms with van der Waals surface area (Å²) in [4.78, 5) is 6.72. The van der Waals surface area contributed by atoms with Gasteiger partial charge in [0.15, 0.2) is 5.96 Å². The lowest BCUT2D eigenvalue weighted by Gasteiger charge is -2.21. The molecule has 3 rings (SSSR count). The third-order valence-electron chi connectivity index (χ3n) is 5.03. The number of methoxy groups -OCH3 is 2. The van der Waals surface area contributed by atoms with E-state index >= 15 is 0 Å². The molecule has 0 radical (unpaired) electrons. The van der Waals surface area contributed by atoms with E-state index in [4.69, 9.17) is 9.47 Å². The molecule has 2 N–H and O–H groups in total. The highest BCUT2D eigenvalue weighted by Crippen LogP contribution is 2.30. The molecule has 1 atom stereocenters. The van der Waals surface area contributed by atoms with Crippen molar-refractivity contribution in [3.05, 3.63) is 53.6 Å². The Morgan fingerprint density at radius 1 is 1.10 bits per heavy atom. The molecule has 0 spiro atoms. The molecule has 1 heterocycles. The monoisotopic (exact) mass is 510 g/mol. The predicted octanol–water partition coefficient (Wildman–Crippen LogP) is 3.57. The van der Waals surface area contributed by atoms with Crippen LogP contribution in [0.2, 0.25) is 0 Å². The van der Waals surface area contributed by atoms with Crippen LogP contribution in [0.3, 0.4) is 0 Å². The lowest BCUT2D eigenvalue weighted by molar-refractivity contribution is 0.394. The lowest BCUT2D eigenvalue weighted by atomic mass is 10.1. The molecule has 0 bridgehead atoms. The zero-order chi connectivity index (χ0) is 19.9. The van der Waals surface area contributed by atoms with Gasteiger partial charge in [-0.1, -0.05) is 29.8 Å². The van der Waals surface area contributed by atoms with Crippen LogP contribution in [-0.2, 0) is 6.54 Å². The molecule has 0 amide bonds. The van der Waals surface area contributed by atoms with Gasteiger partial charge in [0.25, 0.3) is 0 Å². The number of nitrogens with one attached hydrogen (secondary N) is 2. The fraction of sp³-hybridized carbons (Fsp3) is 0.409. The highest BCUT2D eigenvalue weighted by atomic mass is 127. The van der Waals surface area contributed by atoms with Gasteiger partial charge in [-0.15, -0.1) is 24.0 Å². The molecule has 158 valence electrons. The van der Waals surface area contributed by atoms with Gasteiger partial charge >= 0.3 is 0 Å². The zero-order valence-electron chi connectivity index (χ0n) is 17.6. The molecule has 7 heteroatoms. The molecule has 6 nitrogen and oxygen atoms in total. The Labute approximate surface area is 190 Å². The van der Waals surface area contributed by atoms with E-state index in [1.54, 1.807) is 14.2 Å². The van der Waals surface area contributed by atoms with E-state index in [0.29, 0.717) is 6.04 Å². The summed E-state index contributed by atoms with van der Waals surface area (Å²) in [6.45, 7) is 4.73. The first kappa shape index (κ1) is 23.1. The van der Waals surface area contributed by atoms with Crippen LogP contribution in [0.5, 0.6) is 11.5 Å². The Morgan fingerprint density at radius 3 is 2.34 bits per heavy atom. The summed E-state index contributed by atoms with van der Waals surface area (Å²) in [6, 6.07) is 14.9. The summed E-state index contributed by atoms with van der Waals surface area (Å²) in [5.74, 6) is 2.44. The van der Waals surface area contributed by atoms with Gasteiger partial charge in [0, 0.05) is 56.6 Å². The Morgan fingerprint density at radius 2 is 1.76 bits per heavy atom. The molecule has 1 aliphatic rings. The highest BCUT2D eigenvalue weighted by Gasteiger charge is 2.24. The van der Waals surface area contributed by atoms with Gasteiger partial charge in [-0.05, 0) is 18.9 Å². The van der Waals surface area contributed by atoms with Crippen LogP contribution in [0.4, 0.5) is 5.69 Å². The quantitative estimate of drug-likeness (QED) is 0.354. The van der Waals surface area contributed by atoms with Crippen LogP contribution < -0.4 is 25.0 Å². The maximum Gasteiger partial charge on any atom is 0.191 e. The number of guanidine groups is 1. The number of hydrogen-bond donors (Lipinski definition) is 2. The molecule has 1 fully saturated rings. The van der Waals surface area contributed by atoms with Crippen LogP contribution in [0.1, 0.15) is 17.5 Å². The first-order valence-corrected chi connectivity index (χ1v) is 9.62. The minimum Gasteiger partial charge on any atom is -0.497 e. The molecule has 0 saturated carbocycles. The molecule has 0 aliphatic carbocycles. The minimum absolute atomic E-state index is 0. The average molecular weight is 510 g/mol. The average Bonchev–Trinajstić information content (AvgIpc) is 3.20. The van der Waals surface area contributed by atoms with Crippen molar-refractivity contribution in [2.45, 2.75) is 25.9 Å². The van der Waals surface area contributed by atoms with Crippen molar-refractivity contribution in [2.24, 2.45) is 4.99 Å². The number of rotatable bonds is 6. The SMILES string of the molecule is CN=C(NCc1ccc(C)cc1)NC1CCN(c2cc(OC)cc(OC)c2)C1.I. The van der Waals surface area contributed by atoms with Crippen LogP contribution >= 0.6 is 24.0 Å². The van der Waals surface area contributed by atoms with Gasteiger partial charge in [-0.2, -0.15) is 0 Å². The Balaban J connectivity index is 0.00000300. The largest absolute Gasteiger partial charge is 0.497 e. The van der Waals surface area contributed by atoms with E-state index in [2.05, 4.69) is 63.8 Å². The number of ether oxygens (including phenoxy) is 2. The third kappa shape index (κ3) is 6.42. The van der Waals surface area contributed by atoms with Gasteiger partial charge in [0.1, 0.15) is 11.5 Å². The highest BCUT2D eigenvalue weighted by molar-refractivity contribution is 14.0. The Kier molecular flexibility index (Phi) is 8.88. The van der Waals surface area contributed by atoms with Gasteiger partial charge < -0.3 is 25.0 Å². The second-order valence-electron chi connectivity index (χ2n) is 7.06. The summed E-state index contributed by atoms with van der Waals surface area (Å²) in [5, 5.41) is 6.94. The fourth-order valence-electron chi connectivity index (χ4n) is 3.37. The first-order valence-electron chi connectivity index (χ1n) is 9.62. The molecule has 1 aliphatic heterocycles. The van der Waals surface area contributed by atoms with Crippen molar-refractivity contribution in [1.82, 2.24) is 10.6 Å². The molecule has 2 aromatic carbocycles. The molecule has 1 saturated heterocycles. The molecule has 0 aromatic heterocycles. The zero-order valence-corrected chi connectivity index (χ0v) is 19.9. The van der Waals surface area contributed by atoms with Crippen molar-refractivity contribution in [1.29, 1.82) is 0 Å². The Bertz CT molecular complexity index is 789. The molecule has 1 unspecified atom stereocenters. The van der Waals surface area contributed by atoms with E-state index in [1.807, 2.05) is 13.1 Å². The van der Waals surface area contributed by atoms with Crippen LogP contribution in [0.15, 0.2) is 47.5 Å². The second-order valence-corrected chi connectivity index (χ2v) is 7.06. The molecular weight excluding hydrogens is 479 g/mol. The van der Waals surface area contributed by atoms with E-state index in [1.165, 1.54) is 11.1 Å². The third-order valence-corrected chi connectivity index (χ3v) is 5.03. The summed E-state index contributed by atoms with van der Waals surface area (Å²) >= 11 is 0. The van der Waals surface area contributed by atoms with Gasteiger partial charge in [-0.3, -0.25) is 4.99 Å². The van der Waals surface area contributed by atoms with Crippen molar-refractivity contribution >= 4 is 35.6 Å². The van der Waals surface area contributed by atoms with E-state index in [9.17, 15) is 0 Å². The predicted molar refractivity (Wildman–Crippen MR) is 130 cm³/mol. The Hall–Kier alpha value is -2.16. The minimum atomic E-state index is 0. The maximum absolute atomic E-state index is 5.40. The standard InChI is InChI=1S/C22H30N4O2.HI/c1-16-5-7-17(8-6-16)14-24-22(23-2)25-18-9-10-26(15-18)19-11-20(27-3)13-21(12-19)28-4;/h5-8,11-13,18H,9-10,14-15H2,1-4H3,(H2,23,24,25);1H. The van der Waals surface area contributed by atoms with Crippen molar-refractivity contribution in [3.8, 4) is 11.5 Å². The molecule has 2 aromatic rings. The fourth-order valence-corrected chi connectivity index (χ4v) is 3.37. The number of aryl methyl sites for hydroxylation is 1. The van der Waals surface area contributed by atoms with Gasteiger partial charge in [-0.25, -0.2) is 0 Å². The number of hydrogen-bond acceptors (Lipinski definition) is 4. The van der Waals surface area contributed by atoms with Crippen LogP contribution in [0.25, 0.3) is 0 Å². The number of benzene rings is 2. The van der Waals surface area contributed by atoms with Crippen LogP contribution in [-0.4, -0.2) is 46.4 Å². The summed E-state index contributed by atoms with van der Waals surface area (Å²) < 4.78 is 10.8. The number of aliphatic imine (C=N–C) groups is 1. The maximum atomic E-state index is 5.40. The van der Waals surface area contributed by atoms with Crippen molar-refractivity contribution in [3.63, 3.8) is 0 Å². The lowest BCUT2D eigenvalue weighted by Crippen LogP contribution is -2.44. The molecular formula is C22H31IN4O2. The van der Waals surface area contributed by atoms with E-state index in [-0.39, 0.29) is 24.0 Å². The summed E-state index contributed by atoms with van der Waals surface area (Å²) in [7, 11) is 5.16. The van der Waals surface area contributed by atoms with E-state index in [0.717, 1.165) is 49.2 Å². The normalized spacial score (nSPS) is 16.2. The molecule has 29 heavy (non-hydrogen) atoms. The van der Waals surface area contributed by atoms with Gasteiger partial charge in [0.2, 0.25) is 0 Å². The summed E-state index contributed by atoms with van der Waals surface area (Å²) in [5.41, 5.74) is 3.62. The number of halogens is 1. The van der Waals surface area contributed by atoms with Crippen molar-refractivity contribution < 1.29 is 9.47 Å². The van der Waals surface area contributed by atoms with E-state index < -0.39 is 0 Å². The number of anilines is 1. The van der Waals surface area contributed by atoms with Gasteiger partial charge in [0.05, 0.1) is 14.2 Å². The summed E-state index contributed by atoms with van der Waals surface area (Å²) in [6.07, 6.45) is 1.05. The van der Waals surface area contributed by atoms with Crippen molar-refractivity contribution in [2.75, 3.05) is 39.3 Å². The van der Waals surface area contributed by atoms with Crippen LogP contribution in [0, 0.1) is 6.92 Å². The smallest absolute Gasteiger partial charge is 0.191 e. The number of nitrogens with zero attached hydrogens (tertiary/aromatic N) is 2. The second kappa shape index (κ2) is 11.1. The topological polar surface area (TPSA) is 58.1 Å².